The molecule has 2 aromatic heterocycles. The van der Waals surface area contributed by atoms with Crippen LogP contribution in [0.3, 0.4) is 0 Å². The van der Waals surface area contributed by atoms with Crippen LogP contribution in [0.25, 0.3) is 20.7 Å². The number of aromatic nitrogens is 2. The number of hydrogen-bond acceptors (Lipinski definition) is 5. The zero-order valence-corrected chi connectivity index (χ0v) is 17.0. The van der Waals surface area contributed by atoms with Crippen molar-refractivity contribution in [1.82, 2.24) is 9.97 Å². The van der Waals surface area contributed by atoms with Crippen LogP contribution in [0.15, 0.2) is 78.1 Å². The SMILES string of the molecule is CCC(Sc1ncnc2sc(-c3ccccc3)cc12)C(=O)Nc1ccccc1. The summed E-state index contributed by atoms with van der Waals surface area (Å²) in [5.41, 5.74) is 1.97. The highest BCUT2D eigenvalue weighted by molar-refractivity contribution is 8.00. The Morgan fingerprint density at radius 3 is 2.50 bits per heavy atom. The van der Waals surface area contributed by atoms with E-state index in [9.17, 15) is 4.79 Å². The number of carbonyl (C=O) groups is 1. The van der Waals surface area contributed by atoms with E-state index in [4.69, 9.17) is 0 Å². The summed E-state index contributed by atoms with van der Waals surface area (Å²) in [5, 5.41) is 4.62. The Morgan fingerprint density at radius 1 is 1.07 bits per heavy atom. The molecule has 4 rings (SSSR count). The summed E-state index contributed by atoms with van der Waals surface area (Å²) in [7, 11) is 0. The van der Waals surface area contributed by atoms with Crippen molar-refractivity contribution >= 4 is 44.9 Å². The lowest BCUT2D eigenvalue weighted by atomic mass is 10.2. The number of thioether (sulfide) groups is 1. The number of anilines is 1. The molecule has 0 aliphatic rings. The third-order valence-corrected chi connectivity index (χ3v) is 6.78. The molecule has 1 atom stereocenters. The summed E-state index contributed by atoms with van der Waals surface area (Å²) in [4.78, 5) is 23.7. The molecule has 2 heterocycles. The number of rotatable bonds is 6. The van der Waals surface area contributed by atoms with Crippen molar-refractivity contribution in [2.45, 2.75) is 23.6 Å². The highest BCUT2D eigenvalue weighted by atomic mass is 32.2. The van der Waals surface area contributed by atoms with E-state index in [1.807, 2.05) is 55.5 Å². The molecular formula is C22H19N3OS2. The van der Waals surface area contributed by atoms with E-state index >= 15 is 0 Å². The van der Waals surface area contributed by atoms with E-state index in [-0.39, 0.29) is 11.2 Å². The van der Waals surface area contributed by atoms with Crippen LogP contribution in [0.2, 0.25) is 0 Å². The Labute approximate surface area is 172 Å². The number of nitrogens with one attached hydrogen (secondary N) is 1. The molecule has 0 aliphatic carbocycles. The Morgan fingerprint density at radius 2 is 1.79 bits per heavy atom. The van der Waals surface area contributed by atoms with E-state index in [0.717, 1.165) is 31.4 Å². The molecule has 2 aromatic carbocycles. The predicted octanol–water partition coefficient (Wildman–Crippen LogP) is 5.87. The van der Waals surface area contributed by atoms with Gasteiger partial charge in [0.15, 0.2) is 0 Å². The van der Waals surface area contributed by atoms with Gasteiger partial charge in [0.1, 0.15) is 16.2 Å². The standard InChI is InChI=1S/C22H19N3OS2/c1-2-18(20(26)25-16-11-7-4-8-12-16)27-21-17-13-19(15-9-5-3-6-10-15)28-22(17)24-14-23-21/h3-14,18H,2H2,1H3,(H,25,26). The summed E-state index contributed by atoms with van der Waals surface area (Å²) < 4.78 is 0. The maximum Gasteiger partial charge on any atom is 0.237 e. The van der Waals surface area contributed by atoms with E-state index < -0.39 is 0 Å². The lowest BCUT2D eigenvalue weighted by molar-refractivity contribution is -0.115. The number of thiophene rings is 1. The van der Waals surface area contributed by atoms with E-state index in [2.05, 4.69) is 33.5 Å². The van der Waals surface area contributed by atoms with Gasteiger partial charge in [-0.3, -0.25) is 4.79 Å². The van der Waals surface area contributed by atoms with Crippen molar-refractivity contribution < 1.29 is 4.79 Å². The number of carbonyl (C=O) groups excluding carboxylic acids is 1. The third kappa shape index (κ3) is 4.08. The van der Waals surface area contributed by atoms with Crippen molar-refractivity contribution in [2.75, 3.05) is 5.32 Å². The predicted molar refractivity (Wildman–Crippen MR) is 118 cm³/mol. The van der Waals surface area contributed by atoms with Crippen molar-refractivity contribution in [2.24, 2.45) is 0 Å². The molecule has 0 fully saturated rings. The largest absolute Gasteiger partial charge is 0.325 e. The van der Waals surface area contributed by atoms with Crippen LogP contribution in [-0.4, -0.2) is 21.1 Å². The minimum atomic E-state index is -0.224. The van der Waals surface area contributed by atoms with Gasteiger partial charge in [0.2, 0.25) is 5.91 Å². The Bertz CT molecular complexity index is 1080. The zero-order chi connectivity index (χ0) is 19.3. The molecule has 0 radical (unpaired) electrons. The minimum absolute atomic E-state index is 0.0102. The number of hydrogen-bond donors (Lipinski definition) is 1. The monoisotopic (exact) mass is 405 g/mol. The summed E-state index contributed by atoms with van der Waals surface area (Å²) in [6.07, 6.45) is 2.29. The van der Waals surface area contributed by atoms with Crippen molar-refractivity contribution in [3.8, 4) is 10.4 Å². The summed E-state index contributed by atoms with van der Waals surface area (Å²) in [5.74, 6) is -0.0102. The van der Waals surface area contributed by atoms with Crippen LogP contribution in [0, 0.1) is 0 Å². The molecule has 0 aliphatic heterocycles. The minimum Gasteiger partial charge on any atom is -0.325 e. The summed E-state index contributed by atoms with van der Waals surface area (Å²) >= 11 is 3.14. The molecule has 1 amide bonds. The number of amides is 1. The molecular weight excluding hydrogens is 386 g/mol. The van der Waals surface area contributed by atoms with Gasteiger partial charge in [0.05, 0.1) is 5.25 Å². The van der Waals surface area contributed by atoms with Crippen LogP contribution >= 0.6 is 23.1 Å². The molecule has 4 nitrogen and oxygen atoms in total. The van der Waals surface area contributed by atoms with Gasteiger partial charge in [-0.25, -0.2) is 9.97 Å². The van der Waals surface area contributed by atoms with Crippen LogP contribution in [-0.2, 0) is 4.79 Å². The number of para-hydroxylation sites is 1. The van der Waals surface area contributed by atoms with Gasteiger partial charge >= 0.3 is 0 Å². The first-order valence-corrected chi connectivity index (χ1v) is 10.8. The number of benzene rings is 2. The zero-order valence-electron chi connectivity index (χ0n) is 15.3. The Hall–Kier alpha value is -2.70. The molecule has 4 aromatic rings. The molecule has 0 bridgehead atoms. The fraction of sp³-hybridized carbons (Fsp3) is 0.136. The van der Waals surface area contributed by atoms with Gasteiger partial charge in [0.25, 0.3) is 0 Å². The first-order chi connectivity index (χ1) is 13.7. The first-order valence-electron chi connectivity index (χ1n) is 9.07. The maximum absolute atomic E-state index is 12.7. The van der Waals surface area contributed by atoms with Gasteiger partial charge in [-0.2, -0.15) is 0 Å². The topological polar surface area (TPSA) is 54.9 Å². The van der Waals surface area contributed by atoms with Crippen molar-refractivity contribution in [3.63, 3.8) is 0 Å². The number of nitrogens with zero attached hydrogens (tertiary/aromatic N) is 2. The summed E-state index contributed by atoms with van der Waals surface area (Å²) in [6, 6.07) is 21.9. The Kier molecular flexibility index (Phi) is 5.69. The van der Waals surface area contributed by atoms with Gasteiger partial charge in [-0.1, -0.05) is 67.2 Å². The fourth-order valence-corrected chi connectivity index (χ4v) is 4.94. The highest BCUT2D eigenvalue weighted by Gasteiger charge is 2.21. The normalized spacial score (nSPS) is 12.0. The molecule has 28 heavy (non-hydrogen) atoms. The second-order valence-electron chi connectivity index (χ2n) is 6.24. The average molecular weight is 406 g/mol. The van der Waals surface area contributed by atoms with E-state index in [1.54, 1.807) is 17.7 Å². The first kappa shape index (κ1) is 18.7. The van der Waals surface area contributed by atoms with Gasteiger partial charge in [0, 0.05) is 16.0 Å². The maximum atomic E-state index is 12.7. The molecule has 0 saturated carbocycles. The van der Waals surface area contributed by atoms with Crippen LogP contribution in [0.4, 0.5) is 5.69 Å². The second-order valence-corrected chi connectivity index (χ2v) is 8.47. The fourth-order valence-electron chi connectivity index (χ4n) is 2.87. The van der Waals surface area contributed by atoms with E-state index in [1.165, 1.54) is 11.8 Å². The molecule has 0 spiro atoms. The quantitative estimate of drug-likeness (QED) is 0.322. The highest BCUT2D eigenvalue weighted by Crippen LogP contribution is 2.37. The van der Waals surface area contributed by atoms with Gasteiger partial charge < -0.3 is 5.32 Å². The van der Waals surface area contributed by atoms with Crippen molar-refractivity contribution in [3.05, 3.63) is 73.1 Å². The molecule has 6 heteroatoms. The average Bonchev–Trinajstić information content (AvgIpc) is 3.18. The van der Waals surface area contributed by atoms with Crippen LogP contribution in [0.5, 0.6) is 0 Å². The molecule has 1 N–H and O–H groups in total. The Balaban J connectivity index is 1.59. The van der Waals surface area contributed by atoms with Crippen LogP contribution in [0.1, 0.15) is 13.3 Å². The number of fused-ring (bicyclic) bond motifs is 1. The molecule has 0 saturated heterocycles. The van der Waals surface area contributed by atoms with Gasteiger partial charge in [-0.15, -0.1) is 11.3 Å². The smallest absolute Gasteiger partial charge is 0.237 e. The third-order valence-electron chi connectivity index (χ3n) is 4.31. The van der Waals surface area contributed by atoms with Crippen molar-refractivity contribution in [1.29, 1.82) is 0 Å². The molecule has 140 valence electrons. The second kappa shape index (κ2) is 8.54. The lowest BCUT2D eigenvalue weighted by Crippen LogP contribution is -2.24. The van der Waals surface area contributed by atoms with Crippen LogP contribution < -0.4 is 5.32 Å². The van der Waals surface area contributed by atoms with E-state index in [0.29, 0.717) is 6.42 Å². The lowest BCUT2D eigenvalue weighted by Gasteiger charge is -2.14. The van der Waals surface area contributed by atoms with Gasteiger partial charge in [-0.05, 0) is 30.2 Å². The summed E-state index contributed by atoms with van der Waals surface area (Å²) in [6.45, 7) is 2.02. The molecule has 1 unspecified atom stereocenters.